The van der Waals surface area contributed by atoms with Crippen LogP contribution < -0.4 is 59.1 Å². The first-order valence-corrected chi connectivity index (χ1v) is 16.1. The summed E-state index contributed by atoms with van der Waals surface area (Å²) in [6.45, 7) is 0. The van der Waals surface area contributed by atoms with Crippen LogP contribution >= 0.6 is 0 Å². The van der Waals surface area contributed by atoms with E-state index in [1.54, 1.807) is 0 Å². The minimum absolute atomic E-state index is 0. The van der Waals surface area contributed by atoms with E-state index in [-0.39, 0.29) is 92.8 Å². The average Bonchev–Trinajstić information content (AvgIpc) is 3.44. The smallest absolute Gasteiger partial charge is 0.744 e. The largest absolute Gasteiger partial charge is 1.00 e. The van der Waals surface area contributed by atoms with Crippen LogP contribution in [0.5, 0.6) is 0 Å². The van der Waals surface area contributed by atoms with Crippen molar-refractivity contribution in [2.24, 2.45) is 0 Å². The summed E-state index contributed by atoms with van der Waals surface area (Å²) in [5.74, 6) is 0.00199. The van der Waals surface area contributed by atoms with Gasteiger partial charge in [0.2, 0.25) is 0 Å². The summed E-state index contributed by atoms with van der Waals surface area (Å²) in [5, 5.41) is 0. The van der Waals surface area contributed by atoms with Gasteiger partial charge in [-0.3, -0.25) is 9.11 Å². The molecular weight excluding hydrogens is 662 g/mol. The summed E-state index contributed by atoms with van der Waals surface area (Å²) in [6, 6.07) is 8.49. The van der Waals surface area contributed by atoms with Gasteiger partial charge in [-0.2, -0.15) is 16.8 Å². The molecule has 16 nitrogen and oxygen atoms in total. The maximum absolute atomic E-state index is 11.7. The fourth-order valence-corrected chi connectivity index (χ4v) is 6.40. The van der Waals surface area contributed by atoms with Crippen molar-refractivity contribution in [1.29, 1.82) is 0 Å². The fraction of sp³-hybridized carbons (Fsp3) is 0. The Morgan fingerprint density at radius 3 is 1.14 bits per heavy atom. The van der Waals surface area contributed by atoms with Crippen molar-refractivity contribution in [3.8, 4) is 22.8 Å². The van der Waals surface area contributed by atoms with Crippen molar-refractivity contribution in [2.45, 2.75) is 19.6 Å². The number of nitrogens with zero attached hydrogens (tertiary/aromatic N) is 2. The molecule has 0 amide bonds. The van der Waals surface area contributed by atoms with E-state index in [1.807, 2.05) is 0 Å². The van der Waals surface area contributed by atoms with Crippen LogP contribution in [0.3, 0.4) is 0 Å². The van der Waals surface area contributed by atoms with Crippen molar-refractivity contribution >= 4 is 62.5 Å². The quantitative estimate of drug-likeness (QED) is 0.0971. The number of fused-ring (bicyclic) bond motifs is 2. The van der Waals surface area contributed by atoms with E-state index in [4.69, 9.17) is 0 Å². The summed E-state index contributed by atoms with van der Waals surface area (Å²) in [4.78, 5) is 9.81. The predicted molar refractivity (Wildman–Crippen MR) is 132 cm³/mol. The molecule has 0 atom stereocenters. The van der Waals surface area contributed by atoms with Crippen LogP contribution in [0.4, 0.5) is 0 Å². The van der Waals surface area contributed by atoms with Gasteiger partial charge in [0.05, 0.1) is 30.6 Å². The maximum atomic E-state index is 11.7. The van der Waals surface area contributed by atoms with Gasteiger partial charge in [0.1, 0.15) is 42.9 Å². The van der Waals surface area contributed by atoms with E-state index < -0.39 is 60.1 Å². The summed E-state index contributed by atoms with van der Waals surface area (Å²) < 4.78 is 135. The Labute approximate surface area is 281 Å². The monoisotopic (exact) mass is 674 g/mol. The predicted octanol–water partition coefficient (Wildman–Crippen LogP) is -4.92. The number of nitrogens with one attached hydrogen (secondary N) is 2. The fourth-order valence-electron chi connectivity index (χ4n) is 3.86. The van der Waals surface area contributed by atoms with Gasteiger partial charge in [-0.15, -0.1) is 0 Å². The van der Waals surface area contributed by atoms with E-state index in [9.17, 15) is 51.9 Å². The summed E-state index contributed by atoms with van der Waals surface area (Å²) in [5.41, 5.74) is -0.506. The standard InChI is InChI=1S/C20H14N4O12S4.2Na/c25-37(26,27)11-5-13-17(15(7-11)39(31,32)33)23-19(21-13)9-1-2-10(4-3-9)20-22-14-6-12(38(28,29)30)8-16(18(14)24-20)40(34,35)36;;/h1-8H,(H,21,23)(H,22,24)(H,25,26,27)(H,28,29,30)(H,31,32,33)(H,34,35,36);;/q;2*+1/p-2. The minimum Gasteiger partial charge on any atom is -0.744 e. The van der Waals surface area contributed by atoms with Crippen molar-refractivity contribution in [1.82, 2.24) is 19.9 Å². The zero-order chi connectivity index (χ0) is 29.4. The minimum atomic E-state index is -5.20. The van der Waals surface area contributed by atoms with Crippen LogP contribution in [0.15, 0.2) is 68.1 Å². The van der Waals surface area contributed by atoms with Gasteiger partial charge in [0.25, 0.3) is 20.2 Å². The second-order valence-corrected chi connectivity index (χ2v) is 13.8. The van der Waals surface area contributed by atoms with Gasteiger partial charge in [-0.1, -0.05) is 24.3 Å². The van der Waals surface area contributed by atoms with Crippen molar-refractivity contribution < 1.29 is 111 Å². The van der Waals surface area contributed by atoms with Crippen molar-refractivity contribution in [2.75, 3.05) is 0 Å². The molecule has 0 spiro atoms. The molecule has 0 saturated heterocycles. The molecule has 0 unspecified atom stereocenters. The van der Waals surface area contributed by atoms with Gasteiger partial charge in [0.15, 0.2) is 0 Å². The van der Waals surface area contributed by atoms with Crippen LogP contribution in [0.2, 0.25) is 0 Å². The second kappa shape index (κ2) is 11.6. The molecule has 2 aromatic heterocycles. The van der Waals surface area contributed by atoms with Crippen LogP contribution in [-0.4, -0.2) is 71.8 Å². The number of aromatic nitrogens is 4. The normalized spacial score (nSPS) is 12.7. The van der Waals surface area contributed by atoms with Crippen LogP contribution in [0.1, 0.15) is 0 Å². The zero-order valence-corrected chi connectivity index (χ0v) is 28.4. The second-order valence-electron chi connectivity index (χ2n) is 8.24. The number of aromatic amines is 2. The van der Waals surface area contributed by atoms with Gasteiger partial charge in [-0.05, 0) is 24.3 Å². The molecule has 22 heteroatoms. The molecule has 2 heterocycles. The molecular formula is C20H12N4Na2O12S4. The Hall–Kier alpha value is -1.76. The topological polar surface area (TPSA) is 280 Å². The summed E-state index contributed by atoms with van der Waals surface area (Å²) in [6.07, 6.45) is 0. The molecule has 4 N–H and O–H groups in total. The number of hydrogen-bond donors (Lipinski definition) is 4. The van der Waals surface area contributed by atoms with E-state index in [1.165, 1.54) is 24.3 Å². The molecule has 42 heavy (non-hydrogen) atoms. The van der Waals surface area contributed by atoms with E-state index in [0.717, 1.165) is 12.1 Å². The van der Waals surface area contributed by atoms with Gasteiger partial charge >= 0.3 is 59.1 Å². The Bertz CT molecular complexity index is 2150. The number of imidazole rings is 2. The molecule has 0 aliphatic heterocycles. The molecule has 0 bridgehead atoms. The molecule has 0 fully saturated rings. The number of H-pyrrole nitrogens is 2. The maximum Gasteiger partial charge on any atom is 1.00 e. The average molecular weight is 675 g/mol. The molecule has 0 aliphatic carbocycles. The Morgan fingerprint density at radius 1 is 0.571 bits per heavy atom. The van der Waals surface area contributed by atoms with Gasteiger partial charge in [-0.25, -0.2) is 26.8 Å². The SMILES string of the molecule is O=S(=O)([O-])c1cc(S(=O)(=O)O)cc2[nH]c(-c3ccc(-c4nc5c(S(=O)(=O)[O-])cc(S(=O)(=O)O)cc5[nH]4)cc3)nc12.[Na+].[Na+]. The molecule has 0 saturated carbocycles. The molecule has 210 valence electrons. The summed E-state index contributed by atoms with van der Waals surface area (Å²) in [7, 11) is -20.1. The van der Waals surface area contributed by atoms with Crippen LogP contribution in [-0.2, 0) is 40.5 Å². The van der Waals surface area contributed by atoms with E-state index >= 15 is 0 Å². The Balaban J connectivity index is 0.00000242. The number of rotatable bonds is 6. The Morgan fingerprint density at radius 2 is 0.881 bits per heavy atom. The Kier molecular flexibility index (Phi) is 9.62. The van der Waals surface area contributed by atoms with E-state index in [0.29, 0.717) is 23.3 Å². The van der Waals surface area contributed by atoms with Crippen LogP contribution in [0.25, 0.3) is 44.8 Å². The number of hydrogen-bond acceptors (Lipinski definition) is 12. The van der Waals surface area contributed by atoms with Gasteiger partial charge < -0.3 is 19.1 Å². The first-order chi connectivity index (χ1) is 18.3. The molecule has 0 radical (unpaired) electrons. The third-order valence-electron chi connectivity index (χ3n) is 5.62. The van der Waals surface area contributed by atoms with Crippen molar-refractivity contribution in [3.05, 3.63) is 48.5 Å². The number of benzene rings is 3. The third kappa shape index (κ3) is 6.81. The van der Waals surface area contributed by atoms with E-state index in [2.05, 4.69) is 19.9 Å². The van der Waals surface area contributed by atoms with Gasteiger partial charge in [0, 0.05) is 11.1 Å². The zero-order valence-electron chi connectivity index (χ0n) is 21.1. The third-order valence-corrected chi connectivity index (χ3v) is 8.98. The van der Waals surface area contributed by atoms with Crippen LogP contribution in [0, 0.1) is 0 Å². The molecule has 5 rings (SSSR count). The molecule has 3 aromatic carbocycles. The molecule has 5 aromatic rings. The first-order valence-electron chi connectivity index (χ1n) is 10.4. The first kappa shape index (κ1) is 34.7. The van der Waals surface area contributed by atoms with Crippen molar-refractivity contribution in [3.63, 3.8) is 0 Å². The molecule has 0 aliphatic rings. The summed E-state index contributed by atoms with van der Waals surface area (Å²) >= 11 is 0.